The van der Waals surface area contributed by atoms with E-state index in [9.17, 15) is 4.79 Å². The lowest BCUT2D eigenvalue weighted by molar-refractivity contribution is 0.0792. The van der Waals surface area contributed by atoms with Crippen LogP contribution in [0.4, 0.5) is 0 Å². The van der Waals surface area contributed by atoms with Gasteiger partial charge in [0.25, 0.3) is 5.91 Å². The topological polar surface area (TPSA) is 38.1 Å². The Morgan fingerprint density at radius 2 is 2.37 bits per heavy atom. The maximum Gasteiger partial charge on any atom is 0.264 e. The molecule has 0 N–H and O–H groups in total. The van der Waals surface area contributed by atoms with Crippen molar-refractivity contribution in [1.29, 1.82) is 0 Å². The molecule has 0 saturated carbocycles. The minimum atomic E-state index is 0.0725. The predicted octanol–water partition coefficient (Wildman–Crippen LogP) is 2.99. The van der Waals surface area contributed by atoms with Gasteiger partial charge in [0.05, 0.1) is 21.5 Å². The number of rotatable bonds is 2. The Morgan fingerprint density at radius 1 is 1.53 bits per heavy atom. The van der Waals surface area contributed by atoms with E-state index >= 15 is 0 Å². The summed E-state index contributed by atoms with van der Waals surface area (Å²) in [7, 11) is 0. The van der Waals surface area contributed by atoms with E-state index in [-0.39, 0.29) is 11.9 Å². The van der Waals surface area contributed by atoms with Crippen LogP contribution in [0.3, 0.4) is 0 Å². The van der Waals surface area contributed by atoms with Crippen LogP contribution in [0.2, 0.25) is 4.34 Å². The van der Waals surface area contributed by atoms with Crippen LogP contribution in [0.15, 0.2) is 24.5 Å². The highest BCUT2D eigenvalue weighted by Crippen LogP contribution is 2.27. The van der Waals surface area contributed by atoms with Crippen LogP contribution in [0.1, 0.15) is 27.7 Å². The van der Waals surface area contributed by atoms with Gasteiger partial charge in [-0.25, -0.2) is 0 Å². The maximum absolute atomic E-state index is 12.3. The quantitative estimate of drug-likeness (QED) is 0.854. The highest BCUT2D eigenvalue weighted by molar-refractivity contribution is 7.17. The van der Waals surface area contributed by atoms with Crippen molar-refractivity contribution in [1.82, 2.24) is 14.7 Å². The Kier molecular flexibility index (Phi) is 3.33. The number of hydrogen-bond acceptors (Lipinski definition) is 3. The number of aromatic nitrogens is 2. The second kappa shape index (κ2) is 4.98. The molecular formula is C13H14ClN3OS. The summed E-state index contributed by atoms with van der Waals surface area (Å²) in [5.74, 6) is 0.0725. The van der Waals surface area contributed by atoms with Gasteiger partial charge in [-0.2, -0.15) is 5.10 Å². The summed E-state index contributed by atoms with van der Waals surface area (Å²) in [4.78, 5) is 14.9. The van der Waals surface area contributed by atoms with Gasteiger partial charge in [0.1, 0.15) is 0 Å². The van der Waals surface area contributed by atoms with Crippen molar-refractivity contribution in [3.8, 4) is 0 Å². The van der Waals surface area contributed by atoms with Crippen LogP contribution in [0, 0.1) is 6.92 Å². The molecule has 1 aliphatic rings. The first-order valence-electron chi connectivity index (χ1n) is 6.19. The van der Waals surface area contributed by atoms with Crippen molar-refractivity contribution >= 4 is 28.8 Å². The Hall–Kier alpha value is -1.33. The van der Waals surface area contributed by atoms with E-state index < -0.39 is 0 Å². The SMILES string of the molecule is Cc1cnn(C2CCN(C(=O)c3ccc(Cl)s3)C2)c1. The monoisotopic (exact) mass is 295 g/mol. The third-order valence-electron chi connectivity index (χ3n) is 3.34. The van der Waals surface area contributed by atoms with Crippen molar-refractivity contribution in [2.45, 2.75) is 19.4 Å². The first-order chi connectivity index (χ1) is 9.13. The van der Waals surface area contributed by atoms with Crippen molar-refractivity contribution < 1.29 is 4.79 Å². The van der Waals surface area contributed by atoms with Crippen LogP contribution in [0.25, 0.3) is 0 Å². The van der Waals surface area contributed by atoms with E-state index in [0.29, 0.717) is 9.21 Å². The van der Waals surface area contributed by atoms with Gasteiger partial charge < -0.3 is 4.90 Å². The standard InChI is InChI=1S/C13H14ClN3OS/c1-9-6-15-17(7-9)10-4-5-16(8-10)13(18)11-2-3-12(14)19-11/h2-3,6-7,10H,4-5,8H2,1H3. The fourth-order valence-electron chi connectivity index (χ4n) is 2.36. The molecule has 3 heterocycles. The first kappa shape index (κ1) is 12.7. The maximum atomic E-state index is 12.3. The molecule has 2 aromatic heterocycles. The fourth-order valence-corrected chi connectivity index (χ4v) is 3.37. The van der Waals surface area contributed by atoms with E-state index in [4.69, 9.17) is 11.6 Å². The van der Waals surface area contributed by atoms with Gasteiger partial charge in [-0.3, -0.25) is 9.48 Å². The van der Waals surface area contributed by atoms with Gasteiger partial charge in [0.15, 0.2) is 0 Å². The number of amides is 1. The van der Waals surface area contributed by atoms with E-state index in [1.807, 2.05) is 28.9 Å². The van der Waals surface area contributed by atoms with Gasteiger partial charge in [-0.1, -0.05) is 11.6 Å². The fraction of sp³-hybridized carbons (Fsp3) is 0.385. The molecule has 0 aliphatic carbocycles. The molecule has 2 aromatic rings. The lowest BCUT2D eigenvalue weighted by Crippen LogP contribution is -2.28. The summed E-state index contributed by atoms with van der Waals surface area (Å²) in [6.45, 7) is 3.52. The zero-order valence-electron chi connectivity index (χ0n) is 10.5. The Morgan fingerprint density at radius 3 is 3.00 bits per heavy atom. The lowest BCUT2D eigenvalue weighted by atomic mass is 10.3. The molecule has 0 spiro atoms. The average Bonchev–Trinajstić information content (AvgIpc) is 3.07. The van der Waals surface area contributed by atoms with Gasteiger partial charge in [0.2, 0.25) is 0 Å². The van der Waals surface area contributed by atoms with Gasteiger partial charge in [0, 0.05) is 19.3 Å². The van der Waals surface area contributed by atoms with Gasteiger partial charge in [-0.15, -0.1) is 11.3 Å². The molecule has 0 radical (unpaired) electrons. The lowest BCUT2D eigenvalue weighted by Gasteiger charge is -2.15. The summed E-state index contributed by atoms with van der Waals surface area (Å²) < 4.78 is 2.62. The second-order valence-corrected chi connectivity index (χ2v) is 6.51. The van der Waals surface area contributed by atoms with Crippen LogP contribution >= 0.6 is 22.9 Å². The highest BCUT2D eigenvalue weighted by atomic mass is 35.5. The molecule has 1 atom stereocenters. The van der Waals surface area contributed by atoms with Crippen molar-refractivity contribution in [2.24, 2.45) is 0 Å². The molecule has 1 fully saturated rings. The second-order valence-electron chi connectivity index (χ2n) is 4.80. The smallest absolute Gasteiger partial charge is 0.264 e. The number of thiophene rings is 1. The van der Waals surface area contributed by atoms with Crippen LogP contribution < -0.4 is 0 Å². The summed E-state index contributed by atoms with van der Waals surface area (Å²) in [5, 5.41) is 4.33. The van der Waals surface area contributed by atoms with Crippen LogP contribution in [-0.4, -0.2) is 33.7 Å². The van der Waals surface area contributed by atoms with Crippen LogP contribution in [0.5, 0.6) is 0 Å². The van der Waals surface area contributed by atoms with E-state index in [0.717, 1.165) is 25.1 Å². The van der Waals surface area contributed by atoms with Gasteiger partial charge >= 0.3 is 0 Å². The number of carbonyl (C=O) groups excluding carboxylic acids is 1. The Labute approximate surface area is 120 Å². The molecule has 1 amide bonds. The normalized spacial score (nSPS) is 19.1. The number of likely N-dealkylation sites (tertiary alicyclic amines) is 1. The van der Waals surface area contributed by atoms with E-state index in [1.54, 1.807) is 12.1 Å². The molecule has 6 heteroatoms. The number of carbonyl (C=O) groups is 1. The Bertz CT molecular complexity index is 607. The molecule has 4 nitrogen and oxygen atoms in total. The molecule has 0 aromatic carbocycles. The first-order valence-corrected chi connectivity index (χ1v) is 7.38. The number of nitrogens with zero attached hydrogens (tertiary/aromatic N) is 3. The van der Waals surface area contributed by atoms with Crippen LogP contribution in [-0.2, 0) is 0 Å². The summed E-state index contributed by atoms with van der Waals surface area (Å²) in [6.07, 6.45) is 4.83. The zero-order chi connectivity index (χ0) is 13.4. The third-order valence-corrected chi connectivity index (χ3v) is 4.56. The Balaban J connectivity index is 1.70. The molecule has 0 bridgehead atoms. The summed E-state index contributed by atoms with van der Waals surface area (Å²) in [5.41, 5.74) is 1.15. The third kappa shape index (κ3) is 2.53. The van der Waals surface area contributed by atoms with E-state index in [1.165, 1.54) is 11.3 Å². The van der Waals surface area contributed by atoms with Crippen molar-refractivity contribution in [2.75, 3.05) is 13.1 Å². The minimum Gasteiger partial charge on any atom is -0.336 e. The van der Waals surface area contributed by atoms with Crippen molar-refractivity contribution in [3.05, 3.63) is 39.3 Å². The number of aryl methyl sites for hydroxylation is 1. The molecule has 1 unspecified atom stereocenters. The molecular weight excluding hydrogens is 282 g/mol. The minimum absolute atomic E-state index is 0.0725. The molecule has 3 rings (SSSR count). The zero-order valence-corrected chi connectivity index (χ0v) is 12.1. The predicted molar refractivity (Wildman–Crippen MR) is 75.9 cm³/mol. The molecule has 100 valence electrons. The largest absolute Gasteiger partial charge is 0.336 e. The average molecular weight is 296 g/mol. The van der Waals surface area contributed by atoms with E-state index in [2.05, 4.69) is 5.10 Å². The molecule has 19 heavy (non-hydrogen) atoms. The number of hydrogen-bond donors (Lipinski definition) is 0. The van der Waals surface area contributed by atoms with Crippen molar-refractivity contribution in [3.63, 3.8) is 0 Å². The van der Waals surface area contributed by atoms with Gasteiger partial charge in [-0.05, 0) is 31.0 Å². The molecule has 1 saturated heterocycles. The number of halogens is 1. The summed E-state index contributed by atoms with van der Waals surface area (Å²) >= 11 is 7.21. The molecule has 1 aliphatic heterocycles. The highest BCUT2D eigenvalue weighted by Gasteiger charge is 2.29. The summed E-state index contributed by atoms with van der Waals surface area (Å²) in [6, 6.07) is 3.85.